The molecule has 7 nitrogen and oxygen atoms in total. The third-order valence-electron chi connectivity index (χ3n) is 4.93. The van der Waals surface area contributed by atoms with Crippen LogP contribution in [0.15, 0.2) is 30.6 Å². The average Bonchev–Trinajstić information content (AvgIpc) is 3.07. The van der Waals surface area contributed by atoms with Crippen molar-refractivity contribution in [1.29, 1.82) is 0 Å². The summed E-state index contributed by atoms with van der Waals surface area (Å²) in [6.45, 7) is 6.70. The zero-order valence-electron chi connectivity index (χ0n) is 14.6. The van der Waals surface area contributed by atoms with E-state index >= 15 is 0 Å². The van der Waals surface area contributed by atoms with Gasteiger partial charge in [-0.25, -0.2) is 4.68 Å². The Hall–Kier alpha value is -2.41. The molecule has 2 aromatic rings. The number of morpholine rings is 1. The second-order valence-electron chi connectivity index (χ2n) is 7.19. The molecule has 1 saturated heterocycles. The van der Waals surface area contributed by atoms with Crippen LogP contribution >= 0.6 is 0 Å². The molecule has 0 aromatic carbocycles. The minimum absolute atomic E-state index is 0.00882. The normalized spacial score (nSPS) is 22.2. The number of pyridine rings is 1. The molecule has 0 radical (unpaired) electrons. The largest absolute Gasteiger partial charge is 0.378 e. The Balaban J connectivity index is 1.68. The first-order valence-electron chi connectivity index (χ1n) is 8.69. The lowest BCUT2D eigenvalue weighted by Gasteiger charge is -2.38. The van der Waals surface area contributed by atoms with Crippen molar-refractivity contribution in [3.8, 4) is 0 Å². The molecule has 4 heterocycles. The molecule has 0 aliphatic carbocycles. The number of ether oxygens (including phenoxy) is 1. The lowest BCUT2D eigenvalue weighted by atomic mass is 9.91. The molecule has 25 heavy (non-hydrogen) atoms. The van der Waals surface area contributed by atoms with E-state index in [0.717, 1.165) is 17.9 Å². The molecule has 0 bridgehead atoms. The minimum Gasteiger partial charge on any atom is -0.378 e. The van der Waals surface area contributed by atoms with Crippen molar-refractivity contribution in [2.75, 3.05) is 31.6 Å². The molecule has 1 fully saturated rings. The molecule has 1 atom stereocenters. The zero-order chi connectivity index (χ0) is 17.4. The van der Waals surface area contributed by atoms with Crippen LogP contribution in [0.5, 0.6) is 0 Å². The van der Waals surface area contributed by atoms with Crippen molar-refractivity contribution in [2.45, 2.75) is 31.8 Å². The Kier molecular flexibility index (Phi) is 3.95. The van der Waals surface area contributed by atoms with Crippen molar-refractivity contribution >= 4 is 11.7 Å². The Morgan fingerprint density at radius 1 is 1.32 bits per heavy atom. The van der Waals surface area contributed by atoms with Gasteiger partial charge in [0.1, 0.15) is 11.4 Å². The first-order valence-corrected chi connectivity index (χ1v) is 8.69. The fraction of sp³-hybridized carbons (Fsp3) is 0.500. The van der Waals surface area contributed by atoms with Crippen molar-refractivity contribution in [1.82, 2.24) is 19.7 Å². The molecule has 2 aliphatic rings. The molecule has 0 spiro atoms. The average molecular weight is 341 g/mol. The molecule has 2 aromatic heterocycles. The molecule has 7 heteroatoms. The number of carbonyl (C=O) groups is 1. The van der Waals surface area contributed by atoms with E-state index in [-0.39, 0.29) is 17.5 Å². The second kappa shape index (κ2) is 6.15. The third-order valence-corrected chi connectivity index (χ3v) is 4.93. The molecular weight excluding hydrogens is 318 g/mol. The molecule has 4 rings (SSSR count). The number of hydrogen-bond donors (Lipinski definition) is 1. The number of carbonyl (C=O) groups excluding carboxylic acids is 1. The first kappa shape index (κ1) is 16.1. The Morgan fingerprint density at radius 3 is 2.84 bits per heavy atom. The predicted octanol–water partition coefficient (Wildman–Crippen LogP) is 2.04. The maximum Gasteiger partial charge on any atom is 0.259 e. The molecule has 2 aliphatic heterocycles. The van der Waals surface area contributed by atoms with Crippen molar-refractivity contribution in [3.63, 3.8) is 0 Å². The number of aromatic nitrogens is 3. The van der Waals surface area contributed by atoms with E-state index in [4.69, 9.17) is 4.74 Å². The van der Waals surface area contributed by atoms with Gasteiger partial charge in [0, 0.05) is 19.3 Å². The maximum absolute atomic E-state index is 12.9. The number of fused-ring (bicyclic) bond motifs is 1. The highest BCUT2D eigenvalue weighted by atomic mass is 16.5. The van der Waals surface area contributed by atoms with Crippen LogP contribution in [0.1, 0.15) is 42.4 Å². The van der Waals surface area contributed by atoms with Crippen molar-refractivity contribution in [3.05, 3.63) is 41.9 Å². The number of amides is 1. The van der Waals surface area contributed by atoms with Crippen LogP contribution in [0.3, 0.4) is 0 Å². The van der Waals surface area contributed by atoms with Gasteiger partial charge >= 0.3 is 0 Å². The van der Waals surface area contributed by atoms with Gasteiger partial charge < -0.3 is 15.0 Å². The lowest BCUT2D eigenvalue weighted by Crippen LogP contribution is -2.42. The third kappa shape index (κ3) is 2.89. The molecule has 1 N–H and O–H groups in total. The molecule has 1 amide bonds. The summed E-state index contributed by atoms with van der Waals surface area (Å²) in [7, 11) is 0. The van der Waals surface area contributed by atoms with Crippen LogP contribution in [0.25, 0.3) is 0 Å². The Bertz CT molecular complexity index is 765. The first-order chi connectivity index (χ1) is 12.1. The summed E-state index contributed by atoms with van der Waals surface area (Å²) in [5.41, 5.74) is 1.40. The van der Waals surface area contributed by atoms with Gasteiger partial charge in [0.05, 0.1) is 36.7 Å². The van der Waals surface area contributed by atoms with E-state index in [1.807, 2.05) is 27.8 Å². The van der Waals surface area contributed by atoms with Crippen LogP contribution < -0.4 is 5.32 Å². The zero-order valence-corrected chi connectivity index (χ0v) is 14.6. The van der Waals surface area contributed by atoms with E-state index in [2.05, 4.69) is 29.2 Å². The van der Waals surface area contributed by atoms with E-state index in [9.17, 15) is 4.79 Å². The summed E-state index contributed by atoms with van der Waals surface area (Å²) in [4.78, 5) is 19.3. The standard InChI is InChI=1S/C18H23N5O2/c1-18(2)11-15(14-5-3-4-6-19-14)21-16-13(12-20-23(16)18)17(24)22-7-9-25-10-8-22/h3-6,12,15,21H,7-11H2,1-2H3. The predicted molar refractivity (Wildman–Crippen MR) is 93.5 cm³/mol. The highest BCUT2D eigenvalue weighted by Crippen LogP contribution is 2.39. The van der Waals surface area contributed by atoms with Crippen LogP contribution in [-0.4, -0.2) is 51.9 Å². The van der Waals surface area contributed by atoms with E-state index in [1.54, 1.807) is 12.4 Å². The van der Waals surface area contributed by atoms with Crippen molar-refractivity contribution in [2.24, 2.45) is 0 Å². The van der Waals surface area contributed by atoms with Gasteiger partial charge in [-0.3, -0.25) is 9.78 Å². The molecule has 132 valence electrons. The van der Waals surface area contributed by atoms with Gasteiger partial charge in [0.15, 0.2) is 0 Å². The van der Waals surface area contributed by atoms with E-state index in [0.29, 0.717) is 31.9 Å². The van der Waals surface area contributed by atoms with Crippen LogP contribution in [0, 0.1) is 0 Å². The summed E-state index contributed by atoms with van der Waals surface area (Å²) in [6.07, 6.45) is 4.34. The number of hydrogen-bond acceptors (Lipinski definition) is 5. The molecule has 1 unspecified atom stereocenters. The SMILES string of the molecule is CC1(C)CC(c2ccccn2)Nc2c(C(=O)N3CCOCC3)cnn21. The van der Waals surface area contributed by atoms with E-state index < -0.39 is 0 Å². The fourth-order valence-electron chi connectivity index (χ4n) is 3.60. The van der Waals surface area contributed by atoms with Crippen LogP contribution in [0.2, 0.25) is 0 Å². The van der Waals surface area contributed by atoms with Crippen LogP contribution in [0.4, 0.5) is 5.82 Å². The number of rotatable bonds is 2. The summed E-state index contributed by atoms with van der Waals surface area (Å²) in [6, 6.07) is 5.97. The smallest absolute Gasteiger partial charge is 0.259 e. The molecule has 0 saturated carbocycles. The van der Waals surface area contributed by atoms with Gasteiger partial charge in [-0.1, -0.05) is 6.07 Å². The summed E-state index contributed by atoms with van der Waals surface area (Å²) in [5.74, 6) is 0.790. The Morgan fingerprint density at radius 2 is 2.12 bits per heavy atom. The highest BCUT2D eigenvalue weighted by molar-refractivity contribution is 5.99. The van der Waals surface area contributed by atoms with Gasteiger partial charge in [-0.2, -0.15) is 5.10 Å². The Labute approximate surface area is 147 Å². The number of nitrogens with zero attached hydrogens (tertiary/aromatic N) is 4. The molecular formula is C18H23N5O2. The quantitative estimate of drug-likeness (QED) is 0.905. The van der Waals surface area contributed by atoms with Gasteiger partial charge in [-0.05, 0) is 32.4 Å². The maximum atomic E-state index is 12.9. The van der Waals surface area contributed by atoms with Crippen molar-refractivity contribution < 1.29 is 9.53 Å². The van der Waals surface area contributed by atoms with E-state index in [1.165, 1.54) is 0 Å². The lowest BCUT2D eigenvalue weighted by molar-refractivity contribution is 0.0303. The fourth-order valence-corrected chi connectivity index (χ4v) is 3.60. The highest BCUT2D eigenvalue weighted by Gasteiger charge is 2.37. The van der Waals surface area contributed by atoms with Gasteiger partial charge in [0.25, 0.3) is 5.91 Å². The summed E-state index contributed by atoms with van der Waals surface area (Å²) < 4.78 is 7.28. The summed E-state index contributed by atoms with van der Waals surface area (Å²) >= 11 is 0. The van der Waals surface area contributed by atoms with Gasteiger partial charge in [-0.15, -0.1) is 0 Å². The summed E-state index contributed by atoms with van der Waals surface area (Å²) in [5, 5.41) is 8.01. The number of nitrogens with one attached hydrogen (secondary N) is 1. The second-order valence-corrected chi connectivity index (χ2v) is 7.19. The van der Waals surface area contributed by atoms with Crippen LogP contribution in [-0.2, 0) is 10.3 Å². The monoisotopic (exact) mass is 341 g/mol. The topological polar surface area (TPSA) is 72.3 Å². The van der Waals surface area contributed by atoms with Gasteiger partial charge in [0.2, 0.25) is 0 Å². The number of anilines is 1. The minimum atomic E-state index is -0.202.